The SMILES string of the molecule is CCC1COCC1CN/C(=C/[N+](=O)[O-])NC. The zero-order valence-electron chi connectivity index (χ0n) is 9.73. The highest BCUT2D eigenvalue weighted by molar-refractivity contribution is 4.92. The number of rotatable bonds is 6. The van der Waals surface area contributed by atoms with E-state index in [2.05, 4.69) is 17.6 Å². The van der Waals surface area contributed by atoms with Crippen LogP contribution in [-0.2, 0) is 4.74 Å². The summed E-state index contributed by atoms with van der Waals surface area (Å²) in [6.07, 6.45) is 2.02. The molecule has 0 bridgehead atoms. The van der Waals surface area contributed by atoms with Crippen molar-refractivity contribution in [1.82, 2.24) is 10.6 Å². The molecule has 2 N–H and O–H groups in total. The van der Waals surface area contributed by atoms with Gasteiger partial charge in [0.15, 0.2) is 5.82 Å². The van der Waals surface area contributed by atoms with E-state index in [4.69, 9.17) is 4.74 Å². The third kappa shape index (κ3) is 3.69. The Hall–Kier alpha value is -1.30. The van der Waals surface area contributed by atoms with Crippen LogP contribution in [0.25, 0.3) is 0 Å². The van der Waals surface area contributed by atoms with Crippen molar-refractivity contribution in [3.8, 4) is 0 Å². The van der Waals surface area contributed by atoms with Crippen molar-refractivity contribution in [3.63, 3.8) is 0 Å². The van der Waals surface area contributed by atoms with Gasteiger partial charge in [0.1, 0.15) is 0 Å². The van der Waals surface area contributed by atoms with Gasteiger partial charge in [0, 0.05) is 26.1 Å². The van der Waals surface area contributed by atoms with Gasteiger partial charge in [-0.15, -0.1) is 0 Å². The molecule has 0 aromatic rings. The maximum Gasteiger partial charge on any atom is 0.274 e. The molecule has 0 radical (unpaired) electrons. The van der Waals surface area contributed by atoms with Crippen LogP contribution in [0.4, 0.5) is 0 Å². The zero-order chi connectivity index (χ0) is 12.0. The fourth-order valence-electron chi connectivity index (χ4n) is 1.86. The molecular weight excluding hydrogens is 210 g/mol. The van der Waals surface area contributed by atoms with Crippen molar-refractivity contribution >= 4 is 0 Å². The summed E-state index contributed by atoms with van der Waals surface area (Å²) in [5.74, 6) is 1.43. The van der Waals surface area contributed by atoms with Crippen LogP contribution in [0.5, 0.6) is 0 Å². The van der Waals surface area contributed by atoms with Crippen molar-refractivity contribution in [3.05, 3.63) is 22.1 Å². The molecule has 0 aliphatic carbocycles. The Morgan fingerprint density at radius 2 is 2.25 bits per heavy atom. The summed E-state index contributed by atoms with van der Waals surface area (Å²) in [6.45, 7) is 4.38. The van der Waals surface area contributed by atoms with Crippen molar-refractivity contribution in [2.75, 3.05) is 26.8 Å². The summed E-state index contributed by atoms with van der Waals surface area (Å²) >= 11 is 0. The standard InChI is InChI=1S/C10H19N3O3/c1-3-8-6-16-7-9(8)4-12-10(11-2)5-13(14)15/h5,8-9,11-12H,3-4,6-7H2,1-2H3/b10-5+. The smallest absolute Gasteiger partial charge is 0.274 e. The molecule has 0 saturated carbocycles. The van der Waals surface area contributed by atoms with Gasteiger partial charge in [-0.3, -0.25) is 10.1 Å². The fraction of sp³-hybridized carbons (Fsp3) is 0.800. The molecule has 1 saturated heterocycles. The van der Waals surface area contributed by atoms with Gasteiger partial charge < -0.3 is 15.4 Å². The molecular formula is C10H19N3O3. The maximum atomic E-state index is 10.3. The predicted octanol–water partition coefficient (Wildman–Crippen LogP) is 0.544. The molecule has 6 nitrogen and oxygen atoms in total. The van der Waals surface area contributed by atoms with E-state index in [1.807, 2.05) is 0 Å². The third-order valence-electron chi connectivity index (χ3n) is 2.91. The quantitative estimate of drug-likeness (QED) is 0.513. The van der Waals surface area contributed by atoms with Gasteiger partial charge in [-0.25, -0.2) is 0 Å². The van der Waals surface area contributed by atoms with E-state index in [0.717, 1.165) is 25.8 Å². The number of hydrogen-bond donors (Lipinski definition) is 2. The molecule has 1 aliphatic rings. The lowest BCUT2D eigenvalue weighted by atomic mass is 9.94. The Morgan fingerprint density at radius 1 is 1.56 bits per heavy atom. The normalized spacial score (nSPS) is 25.5. The molecule has 1 rings (SSSR count). The minimum Gasteiger partial charge on any atom is -0.381 e. The van der Waals surface area contributed by atoms with E-state index >= 15 is 0 Å². The lowest BCUT2D eigenvalue weighted by Gasteiger charge is -2.17. The lowest BCUT2D eigenvalue weighted by Crippen LogP contribution is -2.31. The highest BCUT2D eigenvalue weighted by Crippen LogP contribution is 2.22. The lowest BCUT2D eigenvalue weighted by molar-refractivity contribution is -0.404. The zero-order valence-corrected chi connectivity index (χ0v) is 9.73. The molecule has 1 aliphatic heterocycles. The highest BCUT2D eigenvalue weighted by atomic mass is 16.6. The second-order valence-electron chi connectivity index (χ2n) is 3.92. The molecule has 6 heteroatoms. The second kappa shape index (κ2) is 6.32. The van der Waals surface area contributed by atoms with Crippen LogP contribution in [-0.4, -0.2) is 31.7 Å². The van der Waals surface area contributed by atoms with E-state index in [1.54, 1.807) is 7.05 Å². The van der Waals surface area contributed by atoms with Gasteiger partial charge >= 0.3 is 0 Å². The molecule has 0 aromatic carbocycles. The van der Waals surface area contributed by atoms with E-state index in [9.17, 15) is 10.1 Å². The van der Waals surface area contributed by atoms with Crippen LogP contribution in [0.1, 0.15) is 13.3 Å². The van der Waals surface area contributed by atoms with E-state index < -0.39 is 4.92 Å². The summed E-state index contributed by atoms with van der Waals surface area (Å²) in [5.41, 5.74) is 0. The molecule has 0 amide bonds. The van der Waals surface area contributed by atoms with Crippen molar-refractivity contribution in [2.24, 2.45) is 11.8 Å². The number of ether oxygens (including phenoxy) is 1. The van der Waals surface area contributed by atoms with Gasteiger partial charge in [0.25, 0.3) is 6.20 Å². The van der Waals surface area contributed by atoms with Crippen molar-refractivity contribution in [2.45, 2.75) is 13.3 Å². The molecule has 0 aromatic heterocycles. The molecule has 2 unspecified atom stereocenters. The largest absolute Gasteiger partial charge is 0.381 e. The van der Waals surface area contributed by atoms with Crippen LogP contribution in [0.15, 0.2) is 12.0 Å². The fourth-order valence-corrected chi connectivity index (χ4v) is 1.86. The first-order chi connectivity index (χ1) is 7.67. The molecule has 1 fully saturated rings. The summed E-state index contributed by atoms with van der Waals surface area (Å²) in [4.78, 5) is 9.84. The van der Waals surface area contributed by atoms with Gasteiger partial charge in [0.05, 0.1) is 11.5 Å². The van der Waals surface area contributed by atoms with E-state index in [1.165, 1.54) is 0 Å². The molecule has 16 heavy (non-hydrogen) atoms. The number of hydrogen-bond acceptors (Lipinski definition) is 5. The molecule has 92 valence electrons. The van der Waals surface area contributed by atoms with Crippen LogP contribution in [0.2, 0.25) is 0 Å². The summed E-state index contributed by atoms with van der Waals surface area (Å²) in [5, 5.41) is 16.1. The second-order valence-corrected chi connectivity index (χ2v) is 3.92. The first kappa shape index (κ1) is 12.8. The highest BCUT2D eigenvalue weighted by Gasteiger charge is 2.26. The van der Waals surface area contributed by atoms with Crippen LogP contribution in [0, 0.1) is 22.0 Å². The van der Waals surface area contributed by atoms with Crippen LogP contribution >= 0.6 is 0 Å². The Morgan fingerprint density at radius 3 is 2.81 bits per heavy atom. The maximum absolute atomic E-state index is 10.3. The average molecular weight is 229 g/mol. The van der Waals surface area contributed by atoms with Crippen molar-refractivity contribution in [1.29, 1.82) is 0 Å². The van der Waals surface area contributed by atoms with E-state index in [-0.39, 0.29) is 0 Å². The Labute approximate surface area is 95.2 Å². The Balaban J connectivity index is 2.40. The van der Waals surface area contributed by atoms with Gasteiger partial charge in [-0.2, -0.15) is 0 Å². The first-order valence-corrected chi connectivity index (χ1v) is 5.52. The van der Waals surface area contributed by atoms with Gasteiger partial charge in [-0.05, 0) is 5.92 Å². The average Bonchev–Trinajstić information content (AvgIpc) is 2.70. The van der Waals surface area contributed by atoms with Gasteiger partial charge in [-0.1, -0.05) is 13.3 Å². The third-order valence-corrected chi connectivity index (χ3v) is 2.91. The molecule has 1 heterocycles. The Bertz CT molecular complexity index is 268. The molecule has 2 atom stereocenters. The number of nitro groups is 1. The minimum absolute atomic E-state index is 0.437. The summed E-state index contributed by atoms with van der Waals surface area (Å²) < 4.78 is 5.39. The Kier molecular flexibility index (Phi) is 5.04. The first-order valence-electron chi connectivity index (χ1n) is 5.52. The molecule has 0 spiro atoms. The van der Waals surface area contributed by atoms with Gasteiger partial charge in [0.2, 0.25) is 0 Å². The summed E-state index contributed by atoms with van der Waals surface area (Å²) in [7, 11) is 1.66. The monoisotopic (exact) mass is 229 g/mol. The minimum atomic E-state index is -0.471. The summed E-state index contributed by atoms with van der Waals surface area (Å²) in [6, 6.07) is 0. The van der Waals surface area contributed by atoms with Crippen LogP contribution in [0.3, 0.4) is 0 Å². The predicted molar refractivity (Wildman–Crippen MR) is 60.2 cm³/mol. The number of nitrogens with one attached hydrogen (secondary N) is 2. The van der Waals surface area contributed by atoms with E-state index in [0.29, 0.717) is 24.2 Å². The topological polar surface area (TPSA) is 76.4 Å². The number of nitrogens with zero attached hydrogens (tertiary/aromatic N) is 1. The van der Waals surface area contributed by atoms with Crippen molar-refractivity contribution < 1.29 is 9.66 Å². The van der Waals surface area contributed by atoms with Crippen LogP contribution < -0.4 is 10.6 Å².